The minimum absolute atomic E-state index is 0.186. The molecule has 1 heterocycles. The van der Waals surface area contributed by atoms with Crippen molar-refractivity contribution in [2.45, 2.75) is 31.2 Å². The number of halogens is 1. The second-order valence-corrected chi connectivity index (χ2v) is 8.60. The second kappa shape index (κ2) is 5.60. The third kappa shape index (κ3) is 2.27. The molecular weight excluding hydrogens is 378 g/mol. The number of anilines is 1. The average Bonchev–Trinajstić information content (AvgIpc) is 3.22. The van der Waals surface area contributed by atoms with Gasteiger partial charge < -0.3 is 10.4 Å². The third-order valence-corrected chi connectivity index (χ3v) is 7.05. The van der Waals surface area contributed by atoms with Crippen molar-refractivity contribution in [3.8, 4) is 0 Å². The van der Waals surface area contributed by atoms with E-state index in [9.17, 15) is 9.90 Å². The Morgan fingerprint density at radius 2 is 1.92 bits per heavy atom. The molecule has 2 N–H and O–H groups in total. The van der Waals surface area contributed by atoms with E-state index >= 15 is 0 Å². The van der Waals surface area contributed by atoms with Crippen molar-refractivity contribution in [2.24, 2.45) is 17.8 Å². The van der Waals surface area contributed by atoms with Crippen LogP contribution in [0, 0.1) is 17.8 Å². The van der Waals surface area contributed by atoms with E-state index < -0.39 is 5.97 Å². The fourth-order valence-corrected chi connectivity index (χ4v) is 6.14. The molecule has 4 heteroatoms. The van der Waals surface area contributed by atoms with Crippen LogP contribution in [-0.4, -0.2) is 11.1 Å². The highest BCUT2D eigenvalue weighted by Gasteiger charge is 2.54. The van der Waals surface area contributed by atoms with Crippen LogP contribution >= 0.6 is 15.9 Å². The highest BCUT2D eigenvalue weighted by Crippen LogP contribution is 2.64. The van der Waals surface area contributed by atoms with Crippen molar-refractivity contribution in [1.82, 2.24) is 0 Å². The van der Waals surface area contributed by atoms with Crippen LogP contribution in [0.1, 0.15) is 52.7 Å². The molecule has 0 unspecified atom stereocenters. The van der Waals surface area contributed by atoms with Crippen LogP contribution < -0.4 is 5.32 Å². The first-order valence-electron chi connectivity index (χ1n) is 9.01. The van der Waals surface area contributed by atoms with Gasteiger partial charge in [0, 0.05) is 4.47 Å². The van der Waals surface area contributed by atoms with Crippen LogP contribution in [0.5, 0.6) is 0 Å². The van der Waals surface area contributed by atoms with E-state index in [0.29, 0.717) is 23.3 Å². The zero-order chi connectivity index (χ0) is 17.1. The van der Waals surface area contributed by atoms with Gasteiger partial charge in [0.05, 0.1) is 17.3 Å². The normalized spacial score (nSPS) is 32.0. The number of rotatable bonds is 2. The average molecular weight is 398 g/mol. The number of fused-ring (bicyclic) bond motifs is 7. The number of benzene rings is 2. The lowest BCUT2D eigenvalue weighted by atomic mass is 9.67. The first-order chi connectivity index (χ1) is 12.1. The molecule has 2 bridgehead atoms. The van der Waals surface area contributed by atoms with Gasteiger partial charge in [-0.1, -0.05) is 40.2 Å². The van der Waals surface area contributed by atoms with Gasteiger partial charge in [0.25, 0.3) is 0 Å². The molecule has 0 saturated heterocycles. The van der Waals surface area contributed by atoms with Crippen molar-refractivity contribution >= 4 is 27.6 Å². The molecule has 0 radical (unpaired) electrons. The number of carboxylic acids is 1. The van der Waals surface area contributed by atoms with E-state index in [4.69, 9.17) is 0 Å². The van der Waals surface area contributed by atoms with Crippen LogP contribution in [-0.2, 0) is 0 Å². The van der Waals surface area contributed by atoms with Crippen molar-refractivity contribution in [2.75, 3.05) is 5.32 Å². The molecule has 2 aromatic rings. The molecule has 2 saturated carbocycles. The van der Waals surface area contributed by atoms with E-state index in [1.807, 2.05) is 12.1 Å². The second-order valence-electron chi connectivity index (χ2n) is 7.69. The number of nitrogens with one attached hydrogen (secondary N) is 1. The Balaban J connectivity index is 1.68. The molecular formula is C21H20BrNO2. The summed E-state index contributed by atoms with van der Waals surface area (Å²) in [6.45, 7) is 0. The highest BCUT2D eigenvalue weighted by atomic mass is 79.9. The summed E-state index contributed by atoms with van der Waals surface area (Å²) in [5.41, 5.74) is 3.72. The van der Waals surface area contributed by atoms with Gasteiger partial charge >= 0.3 is 5.97 Å². The van der Waals surface area contributed by atoms with Crippen molar-refractivity contribution in [1.29, 1.82) is 0 Å². The third-order valence-electron chi connectivity index (χ3n) is 6.56. The number of hydrogen-bond acceptors (Lipinski definition) is 2. The molecule has 5 rings (SSSR count). The number of para-hydroxylation sites is 1. The Morgan fingerprint density at radius 1 is 1.12 bits per heavy atom. The molecule has 2 fully saturated rings. The zero-order valence-corrected chi connectivity index (χ0v) is 15.4. The summed E-state index contributed by atoms with van der Waals surface area (Å²) in [7, 11) is 0. The van der Waals surface area contributed by atoms with Gasteiger partial charge in [-0.15, -0.1) is 0 Å². The zero-order valence-electron chi connectivity index (χ0n) is 13.8. The molecule has 25 heavy (non-hydrogen) atoms. The van der Waals surface area contributed by atoms with Gasteiger partial charge in [0.2, 0.25) is 0 Å². The Morgan fingerprint density at radius 3 is 2.72 bits per heavy atom. The number of aromatic carboxylic acids is 1. The Hall–Kier alpha value is -1.81. The largest absolute Gasteiger partial charge is 0.478 e. The Kier molecular flexibility index (Phi) is 3.46. The van der Waals surface area contributed by atoms with Gasteiger partial charge in [-0.3, -0.25) is 0 Å². The molecule has 0 spiro atoms. The van der Waals surface area contributed by atoms with Gasteiger partial charge in [0.1, 0.15) is 0 Å². The lowest BCUT2D eigenvalue weighted by Crippen LogP contribution is -2.36. The number of carboxylic acid groups (broad SMARTS) is 1. The van der Waals surface area contributed by atoms with Crippen molar-refractivity contribution < 1.29 is 9.90 Å². The summed E-state index contributed by atoms with van der Waals surface area (Å²) in [5, 5.41) is 13.3. The summed E-state index contributed by atoms with van der Waals surface area (Å²) in [6.07, 6.45) is 3.89. The first-order valence-corrected chi connectivity index (χ1v) is 9.81. The summed E-state index contributed by atoms with van der Waals surface area (Å²) in [5.74, 6) is 1.64. The quantitative estimate of drug-likeness (QED) is 0.708. The van der Waals surface area contributed by atoms with Gasteiger partial charge in [-0.05, 0) is 72.3 Å². The van der Waals surface area contributed by atoms with E-state index in [1.165, 1.54) is 30.4 Å². The molecule has 2 aliphatic carbocycles. The summed E-state index contributed by atoms with van der Waals surface area (Å²) < 4.78 is 1.07. The lowest BCUT2D eigenvalue weighted by molar-refractivity contribution is 0.0697. The van der Waals surface area contributed by atoms with Gasteiger partial charge in [-0.2, -0.15) is 0 Å². The molecule has 1 aliphatic heterocycles. The standard InChI is InChI=1S/C21H20BrNO2/c22-14-4-1-3-13(10-14)19-18-12-8-7-11(9-12)17(18)15-5-2-6-16(21(24)25)20(15)23-19/h1-6,10-12,17-19,23H,7-9H2,(H,24,25)/t11-,12-,17-,18+,19+/m0/s1. The maximum Gasteiger partial charge on any atom is 0.337 e. The predicted molar refractivity (Wildman–Crippen MR) is 101 cm³/mol. The summed E-state index contributed by atoms with van der Waals surface area (Å²) in [4.78, 5) is 11.8. The van der Waals surface area contributed by atoms with Gasteiger partial charge in [0.15, 0.2) is 0 Å². The van der Waals surface area contributed by atoms with Gasteiger partial charge in [-0.25, -0.2) is 4.79 Å². The van der Waals surface area contributed by atoms with E-state index in [2.05, 4.69) is 45.5 Å². The van der Waals surface area contributed by atoms with Crippen LogP contribution in [0.15, 0.2) is 46.9 Å². The first kappa shape index (κ1) is 15.4. The summed E-state index contributed by atoms with van der Waals surface area (Å²) in [6, 6.07) is 14.4. The lowest BCUT2D eigenvalue weighted by Gasteiger charge is -2.44. The van der Waals surface area contributed by atoms with E-state index in [-0.39, 0.29) is 6.04 Å². The van der Waals surface area contributed by atoms with E-state index in [1.54, 1.807) is 6.07 Å². The Bertz CT molecular complexity index is 865. The van der Waals surface area contributed by atoms with Crippen LogP contribution in [0.25, 0.3) is 0 Å². The molecule has 2 aromatic carbocycles. The van der Waals surface area contributed by atoms with Crippen molar-refractivity contribution in [3.05, 3.63) is 63.6 Å². The van der Waals surface area contributed by atoms with Crippen LogP contribution in [0.4, 0.5) is 5.69 Å². The highest BCUT2D eigenvalue weighted by molar-refractivity contribution is 9.10. The fraction of sp³-hybridized carbons (Fsp3) is 0.381. The SMILES string of the molecule is O=C(O)c1cccc2c1N[C@H](c1cccc(Br)c1)[C@@H]1[C@H]3CC[C@@H](C3)[C@@H]21. The molecule has 0 aromatic heterocycles. The fourth-order valence-electron chi connectivity index (χ4n) is 5.72. The maximum absolute atomic E-state index is 11.8. The van der Waals surface area contributed by atoms with Crippen molar-refractivity contribution in [3.63, 3.8) is 0 Å². The molecule has 3 aliphatic rings. The molecule has 128 valence electrons. The van der Waals surface area contributed by atoms with Crippen LogP contribution in [0.2, 0.25) is 0 Å². The van der Waals surface area contributed by atoms with E-state index in [0.717, 1.165) is 16.1 Å². The predicted octanol–water partition coefficient (Wildman–Crippen LogP) is 5.44. The molecule has 5 atom stereocenters. The maximum atomic E-state index is 11.8. The monoisotopic (exact) mass is 397 g/mol. The topological polar surface area (TPSA) is 49.3 Å². The molecule has 3 nitrogen and oxygen atoms in total. The number of carbonyl (C=O) groups is 1. The van der Waals surface area contributed by atoms with Crippen LogP contribution in [0.3, 0.4) is 0 Å². The Labute approximate surface area is 155 Å². The minimum Gasteiger partial charge on any atom is -0.478 e. The number of hydrogen-bond donors (Lipinski definition) is 2. The molecule has 0 amide bonds. The summed E-state index contributed by atoms with van der Waals surface area (Å²) >= 11 is 3.59. The smallest absolute Gasteiger partial charge is 0.337 e. The minimum atomic E-state index is -0.848.